The van der Waals surface area contributed by atoms with Gasteiger partial charge < -0.3 is 9.80 Å². The normalized spacial score (nSPS) is 20.2. The van der Waals surface area contributed by atoms with Crippen LogP contribution in [-0.4, -0.2) is 36.2 Å². The van der Waals surface area contributed by atoms with Gasteiger partial charge in [-0.1, -0.05) is 71.8 Å². The fourth-order valence-corrected chi connectivity index (χ4v) is 5.37. The number of piperazine rings is 1. The van der Waals surface area contributed by atoms with Crippen LogP contribution in [0.2, 0.25) is 0 Å². The van der Waals surface area contributed by atoms with Crippen LogP contribution in [-0.2, 0) is 4.79 Å². The highest BCUT2D eigenvalue weighted by atomic mass is 16.2. The highest BCUT2D eigenvalue weighted by Gasteiger charge is 2.39. The molecule has 0 N–H and O–H groups in total. The summed E-state index contributed by atoms with van der Waals surface area (Å²) in [4.78, 5) is 30.6. The van der Waals surface area contributed by atoms with Crippen LogP contribution in [0.1, 0.15) is 56.6 Å². The van der Waals surface area contributed by atoms with E-state index in [0.717, 1.165) is 12.1 Å². The molecule has 1 amide bonds. The maximum absolute atomic E-state index is 13.6. The van der Waals surface area contributed by atoms with E-state index in [2.05, 4.69) is 68.1 Å². The monoisotopic (exact) mass is 438 g/mol. The molecule has 1 saturated heterocycles. The van der Waals surface area contributed by atoms with Crippen molar-refractivity contribution < 1.29 is 9.59 Å². The fraction of sp³-hybridized carbons (Fsp3) is 0.310. The lowest BCUT2D eigenvalue weighted by molar-refractivity contribution is -0.133. The van der Waals surface area contributed by atoms with Crippen molar-refractivity contribution in [2.75, 3.05) is 24.5 Å². The molecule has 2 atom stereocenters. The third-order valence-electron chi connectivity index (χ3n) is 7.14. The van der Waals surface area contributed by atoms with E-state index in [1.54, 1.807) is 0 Å². The van der Waals surface area contributed by atoms with Crippen molar-refractivity contribution in [2.45, 2.75) is 39.2 Å². The molecule has 1 heterocycles. The Morgan fingerprint density at radius 1 is 0.879 bits per heavy atom. The molecule has 4 heteroatoms. The van der Waals surface area contributed by atoms with Gasteiger partial charge in [0.15, 0.2) is 5.78 Å². The average Bonchev–Trinajstić information content (AvgIpc) is 3.16. The molecule has 1 fully saturated rings. The molecule has 1 aliphatic carbocycles. The van der Waals surface area contributed by atoms with Crippen molar-refractivity contribution >= 4 is 17.4 Å². The zero-order chi connectivity index (χ0) is 23.1. The molecule has 0 radical (unpaired) electrons. The second kappa shape index (κ2) is 8.51. The number of nitrogens with zero attached hydrogens (tertiary/aromatic N) is 2. The molecule has 0 spiro atoms. The second-order valence-corrected chi connectivity index (χ2v) is 9.46. The minimum atomic E-state index is -0.361. The Hall–Kier alpha value is -3.40. The summed E-state index contributed by atoms with van der Waals surface area (Å²) in [5.41, 5.74) is 7.75. The molecule has 168 valence electrons. The highest BCUT2D eigenvalue weighted by Crippen LogP contribution is 2.37. The zero-order valence-corrected chi connectivity index (χ0v) is 19.5. The lowest BCUT2D eigenvalue weighted by Gasteiger charge is -2.44. The van der Waals surface area contributed by atoms with Crippen molar-refractivity contribution in [2.24, 2.45) is 0 Å². The summed E-state index contributed by atoms with van der Waals surface area (Å²) in [6, 6.07) is 22.9. The van der Waals surface area contributed by atoms with Gasteiger partial charge >= 0.3 is 0 Å². The Labute approximate surface area is 195 Å². The number of anilines is 1. The highest BCUT2D eigenvalue weighted by molar-refractivity contribution is 6.06. The van der Waals surface area contributed by atoms with Crippen molar-refractivity contribution in [3.05, 3.63) is 100 Å². The van der Waals surface area contributed by atoms with Crippen LogP contribution >= 0.6 is 0 Å². The smallest absolute Gasteiger partial charge is 0.230 e. The molecular formula is C29H30N2O2. The van der Waals surface area contributed by atoms with Gasteiger partial charge in [0.1, 0.15) is 0 Å². The molecule has 0 aromatic heterocycles. The molecular weight excluding hydrogens is 408 g/mol. The maximum Gasteiger partial charge on any atom is 0.230 e. The Bertz CT molecular complexity index is 1210. The Balaban J connectivity index is 1.46. The van der Waals surface area contributed by atoms with Crippen LogP contribution in [0.15, 0.2) is 66.7 Å². The summed E-state index contributed by atoms with van der Waals surface area (Å²) >= 11 is 0. The third kappa shape index (κ3) is 3.95. The Kier molecular flexibility index (Phi) is 5.53. The largest absolute Gasteiger partial charge is 0.361 e. The first-order valence-corrected chi connectivity index (χ1v) is 11.7. The molecule has 3 aromatic rings. The molecule has 0 bridgehead atoms. The number of carbonyl (C=O) groups is 2. The van der Waals surface area contributed by atoms with E-state index in [-0.39, 0.29) is 30.1 Å². The zero-order valence-electron chi connectivity index (χ0n) is 19.5. The molecule has 33 heavy (non-hydrogen) atoms. The summed E-state index contributed by atoms with van der Waals surface area (Å²) in [5.74, 6) is -0.210. The van der Waals surface area contributed by atoms with Gasteiger partial charge in [0.25, 0.3) is 0 Å². The molecule has 0 saturated carbocycles. The quantitative estimate of drug-likeness (QED) is 0.552. The van der Waals surface area contributed by atoms with Crippen molar-refractivity contribution in [3.63, 3.8) is 0 Å². The first-order valence-electron chi connectivity index (χ1n) is 11.7. The number of benzene rings is 3. The molecule has 2 unspecified atom stereocenters. The summed E-state index contributed by atoms with van der Waals surface area (Å²) < 4.78 is 0. The van der Waals surface area contributed by atoms with E-state index in [1.165, 1.54) is 27.9 Å². The van der Waals surface area contributed by atoms with E-state index in [4.69, 9.17) is 0 Å². The molecule has 5 rings (SSSR count). The van der Waals surface area contributed by atoms with Gasteiger partial charge in [-0.3, -0.25) is 9.59 Å². The first kappa shape index (κ1) is 21.4. The van der Waals surface area contributed by atoms with Crippen LogP contribution in [0.3, 0.4) is 0 Å². The van der Waals surface area contributed by atoms with Crippen LogP contribution < -0.4 is 4.90 Å². The van der Waals surface area contributed by atoms with Gasteiger partial charge in [0.05, 0.1) is 12.0 Å². The predicted molar refractivity (Wildman–Crippen MR) is 132 cm³/mol. The number of hydrogen-bond donors (Lipinski definition) is 0. The van der Waals surface area contributed by atoms with E-state index in [9.17, 15) is 9.59 Å². The van der Waals surface area contributed by atoms with Crippen LogP contribution in [0.5, 0.6) is 0 Å². The molecule has 4 nitrogen and oxygen atoms in total. The summed E-state index contributed by atoms with van der Waals surface area (Å²) in [7, 11) is 0. The lowest BCUT2D eigenvalue weighted by atomic mass is 9.96. The standard InChI is InChI=1S/C29H30N2O2/c1-19-8-11-22(12-9-19)27-18-30(14-15-31(27)26-13-10-20(2)16-21(26)3)29(33)25-17-28(32)24-7-5-4-6-23(24)25/h4-13,16,25,27H,14-15,17-18H2,1-3H3. The summed E-state index contributed by atoms with van der Waals surface area (Å²) in [6.45, 7) is 8.40. The maximum atomic E-state index is 13.6. The van der Waals surface area contributed by atoms with Gasteiger partial charge in [-0.2, -0.15) is 0 Å². The fourth-order valence-electron chi connectivity index (χ4n) is 5.37. The summed E-state index contributed by atoms with van der Waals surface area (Å²) in [5, 5.41) is 0. The number of Topliss-reactive ketones (excluding diaryl/α,β-unsaturated/α-hetero) is 1. The van der Waals surface area contributed by atoms with Gasteiger partial charge in [-0.05, 0) is 43.5 Å². The Morgan fingerprint density at radius 3 is 2.36 bits per heavy atom. The van der Waals surface area contributed by atoms with Crippen LogP contribution in [0.4, 0.5) is 5.69 Å². The van der Waals surface area contributed by atoms with E-state index in [0.29, 0.717) is 18.7 Å². The second-order valence-electron chi connectivity index (χ2n) is 9.46. The van der Waals surface area contributed by atoms with E-state index in [1.807, 2.05) is 29.2 Å². The Morgan fingerprint density at radius 2 is 1.61 bits per heavy atom. The number of ketones is 1. The van der Waals surface area contributed by atoms with Crippen molar-refractivity contribution in [3.8, 4) is 0 Å². The summed E-state index contributed by atoms with van der Waals surface area (Å²) in [6.07, 6.45) is 0.282. The predicted octanol–water partition coefficient (Wildman–Crippen LogP) is 5.37. The van der Waals surface area contributed by atoms with Crippen molar-refractivity contribution in [1.82, 2.24) is 4.90 Å². The van der Waals surface area contributed by atoms with Crippen LogP contribution in [0, 0.1) is 20.8 Å². The third-order valence-corrected chi connectivity index (χ3v) is 7.14. The molecule has 3 aromatic carbocycles. The van der Waals surface area contributed by atoms with Gasteiger partial charge in [0.2, 0.25) is 5.91 Å². The van der Waals surface area contributed by atoms with Gasteiger partial charge in [-0.25, -0.2) is 0 Å². The number of fused-ring (bicyclic) bond motifs is 1. The number of aryl methyl sites for hydroxylation is 3. The minimum Gasteiger partial charge on any atom is -0.361 e. The minimum absolute atomic E-state index is 0.0667. The first-order chi connectivity index (χ1) is 15.9. The molecule has 1 aliphatic heterocycles. The van der Waals surface area contributed by atoms with Crippen LogP contribution in [0.25, 0.3) is 0 Å². The number of hydrogen-bond acceptors (Lipinski definition) is 3. The van der Waals surface area contributed by atoms with E-state index >= 15 is 0 Å². The SMILES string of the molecule is Cc1ccc(C2CN(C(=O)C3CC(=O)c4ccccc43)CCN2c2ccc(C)cc2C)cc1. The molecule has 2 aliphatic rings. The topological polar surface area (TPSA) is 40.6 Å². The number of carbonyl (C=O) groups excluding carboxylic acids is 2. The lowest BCUT2D eigenvalue weighted by Crippen LogP contribution is -2.51. The number of rotatable bonds is 3. The van der Waals surface area contributed by atoms with Gasteiger partial charge in [0, 0.05) is 37.3 Å². The van der Waals surface area contributed by atoms with E-state index < -0.39 is 0 Å². The average molecular weight is 439 g/mol. The number of amides is 1. The van der Waals surface area contributed by atoms with Crippen molar-refractivity contribution in [1.29, 1.82) is 0 Å². The van der Waals surface area contributed by atoms with Gasteiger partial charge in [-0.15, -0.1) is 0 Å².